The molecule has 2 aromatic rings. The Morgan fingerprint density at radius 2 is 2.04 bits per heavy atom. The number of amides is 2. The average molecular weight is 359 g/mol. The summed E-state index contributed by atoms with van der Waals surface area (Å²) >= 11 is 5.85. The first-order chi connectivity index (χ1) is 12.0. The summed E-state index contributed by atoms with van der Waals surface area (Å²) in [5.41, 5.74) is 1.66. The zero-order valence-electron chi connectivity index (χ0n) is 13.9. The molecule has 130 valence electrons. The van der Waals surface area contributed by atoms with Gasteiger partial charge in [0.05, 0.1) is 19.6 Å². The number of benzene rings is 2. The van der Waals surface area contributed by atoms with Gasteiger partial charge in [0, 0.05) is 29.7 Å². The molecule has 2 amide bonds. The van der Waals surface area contributed by atoms with E-state index in [2.05, 4.69) is 5.32 Å². The predicted molar refractivity (Wildman–Crippen MR) is 97.1 cm³/mol. The molecule has 1 N–H and O–H groups in total. The van der Waals surface area contributed by atoms with E-state index in [0.717, 1.165) is 11.3 Å². The second-order valence-electron chi connectivity index (χ2n) is 5.98. The summed E-state index contributed by atoms with van der Waals surface area (Å²) in [6.07, 6.45) is 0.560. The molecule has 25 heavy (non-hydrogen) atoms. The molecule has 0 aromatic heterocycles. The molecule has 0 bridgehead atoms. The van der Waals surface area contributed by atoms with Crippen LogP contribution in [-0.2, 0) is 16.0 Å². The Morgan fingerprint density at radius 1 is 1.28 bits per heavy atom. The standard InChI is InChI=1S/C19H19ClN2O3/c1-25-17-4-2-3-16(11-17)22-12-15(10-19(22)24)21-18(23)9-13-5-7-14(20)8-6-13/h2-8,11,15H,9-10,12H2,1H3,(H,21,23)/t15-/m1/s1. The van der Waals surface area contributed by atoms with Gasteiger partial charge < -0.3 is 15.0 Å². The van der Waals surface area contributed by atoms with Crippen molar-refractivity contribution in [2.45, 2.75) is 18.9 Å². The third kappa shape index (κ3) is 4.31. The largest absolute Gasteiger partial charge is 0.497 e. The van der Waals surface area contributed by atoms with Crippen LogP contribution in [0, 0.1) is 0 Å². The number of nitrogens with one attached hydrogen (secondary N) is 1. The maximum atomic E-state index is 12.3. The van der Waals surface area contributed by atoms with Crippen LogP contribution in [0.15, 0.2) is 48.5 Å². The van der Waals surface area contributed by atoms with Crippen molar-refractivity contribution in [1.29, 1.82) is 0 Å². The number of halogens is 1. The average Bonchev–Trinajstić information content (AvgIpc) is 2.97. The van der Waals surface area contributed by atoms with Crippen LogP contribution < -0.4 is 15.0 Å². The molecule has 0 aliphatic carbocycles. The molecule has 0 saturated carbocycles. The minimum absolute atomic E-state index is 0.00922. The molecule has 1 heterocycles. The summed E-state index contributed by atoms with van der Waals surface area (Å²) in [7, 11) is 1.59. The first-order valence-electron chi connectivity index (χ1n) is 8.03. The first kappa shape index (κ1) is 17.3. The van der Waals surface area contributed by atoms with Crippen molar-refractivity contribution in [1.82, 2.24) is 5.32 Å². The van der Waals surface area contributed by atoms with E-state index in [1.165, 1.54) is 0 Å². The van der Waals surface area contributed by atoms with Gasteiger partial charge in [0.15, 0.2) is 0 Å². The predicted octanol–water partition coefficient (Wildman–Crippen LogP) is 2.81. The smallest absolute Gasteiger partial charge is 0.229 e. The summed E-state index contributed by atoms with van der Waals surface area (Å²) in [5.74, 6) is 0.582. The molecular weight excluding hydrogens is 340 g/mol. The van der Waals surface area contributed by atoms with E-state index in [4.69, 9.17) is 16.3 Å². The topological polar surface area (TPSA) is 58.6 Å². The fourth-order valence-corrected chi connectivity index (χ4v) is 3.02. The van der Waals surface area contributed by atoms with Crippen molar-refractivity contribution in [3.63, 3.8) is 0 Å². The number of ether oxygens (including phenoxy) is 1. The van der Waals surface area contributed by atoms with Gasteiger partial charge in [-0.25, -0.2) is 0 Å². The maximum absolute atomic E-state index is 12.3. The molecule has 1 fully saturated rings. The van der Waals surface area contributed by atoms with Crippen molar-refractivity contribution < 1.29 is 14.3 Å². The number of carbonyl (C=O) groups is 2. The second-order valence-corrected chi connectivity index (χ2v) is 6.41. The third-order valence-electron chi connectivity index (χ3n) is 4.13. The quantitative estimate of drug-likeness (QED) is 0.894. The number of carbonyl (C=O) groups excluding carboxylic acids is 2. The molecule has 5 nitrogen and oxygen atoms in total. The van der Waals surface area contributed by atoms with E-state index < -0.39 is 0 Å². The molecule has 1 aliphatic rings. The van der Waals surface area contributed by atoms with Gasteiger partial charge in [-0.05, 0) is 29.8 Å². The van der Waals surface area contributed by atoms with Gasteiger partial charge in [-0.2, -0.15) is 0 Å². The summed E-state index contributed by atoms with van der Waals surface area (Å²) in [4.78, 5) is 26.2. The van der Waals surface area contributed by atoms with Crippen molar-refractivity contribution >= 4 is 29.1 Å². The molecule has 2 aromatic carbocycles. The lowest BCUT2D eigenvalue weighted by Crippen LogP contribution is -2.38. The number of nitrogens with zero attached hydrogens (tertiary/aromatic N) is 1. The highest BCUT2D eigenvalue weighted by molar-refractivity contribution is 6.30. The van der Waals surface area contributed by atoms with Crippen LogP contribution in [0.5, 0.6) is 5.75 Å². The number of rotatable bonds is 5. The van der Waals surface area contributed by atoms with Gasteiger partial charge in [-0.15, -0.1) is 0 Å². The molecule has 0 radical (unpaired) electrons. The number of hydrogen-bond donors (Lipinski definition) is 1. The molecule has 1 aliphatic heterocycles. The van der Waals surface area contributed by atoms with Crippen LogP contribution >= 0.6 is 11.6 Å². The van der Waals surface area contributed by atoms with Crippen LogP contribution in [0.2, 0.25) is 5.02 Å². The number of methoxy groups -OCH3 is 1. The maximum Gasteiger partial charge on any atom is 0.229 e. The monoisotopic (exact) mass is 358 g/mol. The van der Waals surface area contributed by atoms with Gasteiger partial charge in [0.2, 0.25) is 11.8 Å². The van der Waals surface area contributed by atoms with Crippen LogP contribution in [0.4, 0.5) is 5.69 Å². The van der Waals surface area contributed by atoms with Crippen molar-refractivity contribution in [2.75, 3.05) is 18.6 Å². The summed E-state index contributed by atoms with van der Waals surface area (Å²) in [6.45, 7) is 0.457. The van der Waals surface area contributed by atoms with Crippen LogP contribution in [0.3, 0.4) is 0 Å². The Balaban J connectivity index is 1.60. The van der Waals surface area contributed by atoms with Gasteiger partial charge in [0.25, 0.3) is 0 Å². The second kappa shape index (κ2) is 7.57. The Kier molecular flexibility index (Phi) is 5.24. The Hall–Kier alpha value is -2.53. The van der Waals surface area contributed by atoms with Crippen molar-refractivity contribution in [3.8, 4) is 5.75 Å². The highest BCUT2D eigenvalue weighted by atomic mass is 35.5. The lowest BCUT2D eigenvalue weighted by Gasteiger charge is -2.18. The normalized spacial score (nSPS) is 16.8. The van der Waals surface area contributed by atoms with E-state index in [9.17, 15) is 9.59 Å². The van der Waals surface area contributed by atoms with Gasteiger partial charge >= 0.3 is 0 Å². The van der Waals surface area contributed by atoms with E-state index in [0.29, 0.717) is 23.7 Å². The van der Waals surface area contributed by atoms with Gasteiger partial charge in [0.1, 0.15) is 5.75 Å². The third-order valence-corrected chi connectivity index (χ3v) is 4.39. The minimum atomic E-state index is -0.196. The summed E-state index contributed by atoms with van der Waals surface area (Å²) in [5, 5.41) is 3.57. The zero-order valence-corrected chi connectivity index (χ0v) is 14.6. The molecular formula is C19H19ClN2O3. The van der Waals surface area contributed by atoms with Crippen LogP contribution in [-0.4, -0.2) is 31.5 Å². The Labute approximate surface area is 151 Å². The lowest BCUT2D eigenvalue weighted by atomic mass is 10.1. The van der Waals surface area contributed by atoms with Crippen molar-refractivity contribution in [3.05, 3.63) is 59.1 Å². The molecule has 0 unspecified atom stereocenters. The first-order valence-corrected chi connectivity index (χ1v) is 8.41. The lowest BCUT2D eigenvalue weighted by molar-refractivity contribution is -0.121. The zero-order chi connectivity index (χ0) is 17.8. The summed E-state index contributed by atoms with van der Waals surface area (Å²) in [6, 6.07) is 14.3. The van der Waals surface area contributed by atoms with Gasteiger partial charge in [-0.3, -0.25) is 9.59 Å². The Bertz CT molecular complexity index is 776. The Morgan fingerprint density at radius 3 is 2.76 bits per heavy atom. The number of anilines is 1. The van der Waals surface area contributed by atoms with Crippen LogP contribution in [0.1, 0.15) is 12.0 Å². The van der Waals surface area contributed by atoms with E-state index in [-0.39, 0.29) is 24.3 Å². The molecule has 3 rings (SSSR count). The fourth-order valence-electron chi connectivity index (χ4n) is 2.90. The SMILES string of the molecule is COc1cccc(N2C[C@H](NC(=O)Cc3ccc(Cl)cc3)CC2=O)c1. The summed E-state index contributed by atoms with van der Waals surface area (Å²) < 4.78 is 5.20. The fraction of sp³-hybridized carbons (Fsp3) is 0.263. The highest BCUT2D eigenvalue weighted by Crippen LogP contribution is 2.25. The van der Waals surface area contributed by atoms with E-state index in [1.807, 2.05) is 36.4 Å². The molecule has 1 saturated heterocycles. The van der Waals surface area contributed by atoms with E-state index in [1.54, 1.807) is 24.1 Å². The van der Waals surface area contributed by atoms with Crippen molar-refractivity contribution in [2.24, 2.45) is 0 Å². The molecule has 0 spiro atoms. The number of hydrogen-bond acceptors (Lipinski definition) is 3. The molecule has 1 atom stereocenters. The highest BCUT2D eigenvalue weighted by Gasteiger charge is 2.31. The van der Waals surface area contributed by atoms with E-state index >= 15 is 0 Å². The minimum Gasteiger partial charge on any atom is -0.497 e. The van der Waals surface area contributed by atoms with Crippen LogP contribution in [0.25, 0.3) is 0 Å². The van der Waals surface area contributed by atoms with Gasteiger partial charge in [-0.1, -0.05) is 29.8 Å². The molecule has 6 heteroatoms.